The highest BCUT2D eigenvalue weighted by molar-refractivity contribution is 5.85. The Morgan fingerprint density at radius 3 is 2.55 bits per heavy atom. The molecule has 2 fully saturated rings. The summed E-state index contributed by atoms with van der Waals surface area (Å²) in [6, 6.07) is 0. The van der Waals surface area contributed by atoms with E-state index in [2.05, 4.69) is 5.32 Å². The minimum absolute atomic E-state index is 0. The molecule has 0 aliphatic carbocycles. The van der Waals surface area contributed by atoms with Crippen molar-refractivity contribution in [1.29, 1.82) is 0 Å². The molecule has 0 bridgehead atoms. The lowest BCUT2D eigenvalue weighted by molar-refractivity contribution is 0.0179. The molecule has 0 saturated carbocycles. The second kappa shape index (κ2) is 3.25. The Kier molecular flexibility index (Phi) is 2.73. The molecule has 11 heavy (non-hydrogen) atoms. The van der Waals surface area contributed by atoms with Gasteiger partial charge in [-0.1, -0.05) is 0 Å². The fourth-order valence-corrected chi connectivity index (χ4v) is 1.60. The van der Waals surface area contributed by atoms with Gasteiger partial charge in [-0.05, 0) is 6.42 Å². The summed E-state index contributed by atoms with van der Waals surface area (Å²) in [5, 5.41) is 2.95. The third-order valence-electron chi connectivity index (χ3n) is 2.50. The van der Waals surface area contributed by atoms with Crippen molar-refractivity contribution in [2.45, 2.75) is 12.1 Å². The van der Waals surface area contributed by atoms with Gasteiger partial charge in [0.05, 0.1) is 6.61 Å². The molecule has 0 amide bonds. The predicted octanol–water partition coefficient (Wildman–Crippen LogP) is 0.756. The van der Waals surface area contributed by atoms with Crippen molar-refractivity contribution in [1.82, 2.24) is 5.32 Å². The van der Waals surface area contributed by atoms with Gasteiger partial charge < -0.3 is 10.1 Å². The molecule has 2 rings (SSSR count). The van der Waals surface area contributed by atoms with Crippen LogP contribution in [0.3, 0.4) is 0 Å². The third-order valence-corrected chi connectivity index (χ3v) is 2.50. The molecule has 0 aromatic heterocycles. The summed E-state index contributed by atoms with van der Waals surface area (Å²) < 4.78 is 18.6. The van der Waals surface area contributed by atoms with Crippen LogP contribution in [-0.4, -0.2) is 32.0 Å². The highest BCUT2D eigenvalue weighted by Gasteiger charge is 2.45. The second-order valence-corrected chi connectivity index (χ2v) is 3.20. The second-order valence-electron chi connectivity index (χ2n) is 3.20. The van der Waals surface area contributed by atoms with E-state index >= 15 is 0 Å². The lowest BCUT2D eigenvalue weighted by atomic mass is 9.84. The van der Waals surface area contributed by atoms with E-state index < -0.39 is 5.67 Å². The molecule has 1 unspecified atom stereocenters. The van der Waals surface area contributed by atoms with Gasteiger partial charge in [-0.2, -0.15) is 0 Å². The van der Waals surface area contributed by atoms with E-state index in [1.165, 1.54) is 0 Å². The van der Waals surface area contributed by atoms with Crippen molar-refractivity contribution < 1.29 is 9.13 Å². The first-order chi connectivity index (χ1) is 4.81. The van der Waals surface area contributed by atoms with Gasteiger partial charge in [0.1, 0.15) is 5.67 Å². The normalized spacial score (nSPS) is 34.1. The zero-order valence-electron chi connectivity index (χ0n) is 6.31. The van der Waals surface area contributed by atoms with Crippen LogP contribution in [0.1, 0.15) is 6.42 Å². The Morgan fingerprint density at radius 2 is 2.18 bits per heavy atom. The summed E-state index contributed by atoms with van der Waals surface area (Å²) in [5.74, 6) is 0.161. The predicted molar refractivity (Wildman–Crippen MR) is 42.9 cm³/mol. The van der Waals surface area contributed by atoms with E-state index in [9.17, 15) is 4.39 Å². The molecule has 66 valence electrons. The SMILES string of the molecule is Cl.FC1(C2CCOC2)CNC1. The maximum Gasteiger partial charge on any atom is 0.140 e. The Hall–Kier alpha value is 0.140. The fourth-order valence-electron chi connectivity index (χ4n) is 1.60. The zero-order valence-corrected chi connectivity index (χ0v) is 7.12. The first-order valence-electron chi connectivity index (χ1n) is 3.79. The highest BCUT2D eigenvalue weighted by Crippen LogP contribution is 2.32. The van der Waals surface area contributed by atoms with Crippen LogP contribution < -0.4 is 5.32 Å². The molecule has 4 heteroatoms. The van der Waals surface area contributed by atoms with E-state index in [4.69, 9.17) is 4.74 Å². The van der Waals surface area contributed by atoms with Gasteiger partial charge in [-0.25, -0.2) is 4.39 Å². The van der Waals surface area contributed by atoms with E-state index in [0.717, 1.165) is 13.0 Å². The van der Waals surface area contributed by atoms with Crippen molar-refractivity contribution >= 4 is 12.4 Å². The fraction of sp³-hybridized carbons (Fsp3) is 1.00. The van der Waals surface area contributed by atoms with E-state index in [1.54, 1.807) is 0 Å². The molecular weight excluding hydrogens is 169 g/mol. The summed E-state index contributed by atoms with van der Waals surface area (Å²) >= 11 is 0. The van der Waals surface area contributed by atoms with Gasteiger partial charge in [-0.15, -0.1) is 12.4 Å². The summed E-state index contributed by atoms with van der Waals surface area (Å²) in [7, 11) is 0. The minimum Gasteiger partial charge on any atom is -0.381 e. The molecular formula is C7H13ClFNO. The molecule has 2 aliphatic heterocycles. The van der Waals surface area contributed by atoms with Crippen LogP contribution in [-0.2, 0) is 4.74 Å². The number of ether oxygens (including phenoxy) is 1. The zero-order chi connectivity index (χ0) is 7.03. The van der Waals surface area contributed by atoms with Crippen LogP contribution in [0.15, 0.2) is 0 Å². The van der Waals surface area contributed by atoms with E-state index in [-0.39, 0.29) is 18.3 Å². The quantitative estimate of drug-likeness (QED) is 0.645. The average Bonchev–Trinajstić information content (AvgIpc) is 2.33. The van der Waals surface area contributed by atoms with Crippen LogP contribution in [0.25, 0.3) is 0 Å². The number of halogens is 2. The van der Waals surface area contributed by atoms with Crippen molar-refractivity contribution in [2.24, 2.45) is 5.92 Å². The molecule has 0 aromatic carbocycles. The number of rotatable bonds is 1. The van der Waals surface area contributed by atoms with Gasteiger partial charge in [0.15, 0.2) is 0 Å². The Labute approximate surface area is 71.9 Å². The lowest BCUT2D eigenvalue weighted by Crippen LogP contribution is -2.60. The minimum atomic E-state index is -0.934. The van der Waals surface area contributed by atoms with Crippen LogP contribution in [0.5, 0.6) is 0 Å². The van der Waals surface area contributed by atoms with Gasteiger partial charge in [0.25, 0.3) is 0 Å². The number of hydrogen-bond donors (Lipinski definition) is 1. The first-order valence-corrected chi connectivity index (χ1v) is 3.79. The van der Waals surface area contributed by atoms with Gasteiger partial charge in [0.2, 0.25) is 0 Å². The van der Waals surface area contributed by atoms with Gasteiger partial charge in [0, 0.05) is 25.6 Å². The summed E-state index contributed by atoms with van der Waals surface area (Å²) in [4.78, 5) is 0. The standard InChI is InChI=1S/C7H12FNO.ClH/c8-7(4-9-5-7)6-1-2-10-3-6;/h6,9H,1-5H2;1H. The first kappa shape index (κ1) is 9.23. The molecule has 1 atom stereocenters. The Morgan fingerprint density at radius 1 is 1.45 bits per heavy atom. The lowest BCUT2D eigenvalue weighted by Gasteiger charge is -2.39. The van der Waals surface area contributed by atoms with Crippen molar-refractivity contribution in [3.8, 4) is 0 Å². The summed E-state index contributed by atoms with van der Waals surface area (Å²) in [6.07, 6.45) is 0.901. The third kappa shape index (κ3) is 1.50. The summed E-state index contributed by atoms with van der Waals surface area (Å²) in [6.45, 7) is 2.43. The number of alkyl halides is 1. The highest BCUT2D eigenvalue weighted by atomic mass is 35.5. The molecule has 2 aliphatic rings. The smallest absolute Gasteiger partial charge is 0.140 e. The van der Waals surface area contributed by atoms with Gasteiger partial charge >= 0.3 is 0 Å². The number of nitrogens with one attached hydrogen (secondary N) is 1. The van der Waals surface area contributed by atoms with Crippen molar-refractivity contribution in [3.63, 3.8) is 0 Å². The van der Waals surface area contributed by atoms with E-state index in [1.807, 2.05) is 0 Å². The molecule has 0 radical (unpaired) electrons. The largest absolute Gasteiger partial charge is 0.381 e. The average molecular weight is 182 g/mol. The van der Waals surface area contributed by atoms with Crippen LogP contribution in [0, 0.1) is 5.92 Å². The maximum absolute atomic E-state index is 13.5. The Bertz CT molecular complexity index is 134. The van der Waals surface area contributed by atoms with Crippen molar-refractivity contribution in [3.05, 3.63) is 0 Å². The molecule has 2 heterocycles. The van der Waals surface area contributed by atoms with Gasteiger partial charge in [-0.3, -0.25) is 0 Å². The Balaban J connectivity index is 0.000000605. The molecule has 0 aromatic rings. The van der Waals surface area contributed by atoms with Crippen LogP contribution in [0.2, 0.25) is 0 Å². The topological polar surface area (TPSA) is 21.3 Å². The molecule has 1 N–H and O–H groups in total. The maximum atomic E-state index is 13.5. The molecule has 2 nitrogen and oxygen atoms in total. The number of hydrogen-bond acceptors (Lipinski definition) is 2. The van der Waals surface area contributed by atoms with Crippen LogP contribution >= 0.6 is 12.4 Å². The van der Waals surface area contributed by atoms with Crippen LogP contribution in [0.4, 0.5) is 4.39 Å². The monoisotopic (exact) mass is 181 g/mol. The van der Waals surface area contributed by atoms with E-state index in [0.29, 0.717) is 19.7 Å². The van der Waals surface area contributed by atoms with Crippen molar-refractivity contribution in [2.75, 3.05) is 26.3 Å². The molecule has 2 saturated heterocycles. The molecule has 0 spiro atoms. The summed E-state index contributed by atoms with van der Waals surface area (Å²) in [5.41, 5.74) is -0.934.